The summed E-state index contributed by atoms with van der Waals surface area (Å²) in [6.45, 7) is 2.06. The van der Waals surface area contributed by atoms with Crippen molar-refractivity contribution in [2.75, 3.05) is 7.11 Å². The molecule has 0 radical (unpaired) electrons. The van der Waals surface area contributed by atoms with Crippen molar-refractivity contribution >= 4 is 5.97 Å². The van der Waals surface area contributed by atoms with E-state index in [0.29, 0.717) is 5.56 Å². The van der Waals surface area contributed by atoms with E-state index < -0.39 is 0 Å². The molecule has 0 bridgehead atoms. The van der Waals surface area contributed by atoms with Crippen LogP contribution in [0.15, 0.2) is 42.7 Å². The molecule has 1 heterocycles. The van der Waals surface area contributed by atoms with Gasteiger partial charge in [-0.05, 0) is 30.5 Å². The van der Waals surface area contributed by atoms with Gasteiger partial charge in [-0.3, -0.25) is 4.98 Å². The number of esters is 1. The lowest BCUT2D eigenvalue weighted by molar-refractivity contribution is 0.0600. The van der Waals surface area contributed by atoms with E-state index in [0.717, 1.165) is 12.0 Å². The molecule has 0 N–H and O–H groups in total. The van der Waals surface area contributed by atoms with Crippen LogP contribution in [0.1, 0.15) is 27.0 Å². The summed E-state index contributed by atoms with van der Waals surface area (Å²) in [5, 5.41) is 0. The van der Waals surface area contributed by atoms with Crippen molar-refractivity contribution in [2.24, 2.45) is 0 Å². The van der Waals surface area contributed by atoms with Crippen LogP contribution >= 0.6 is 0 Å². The highest BCUT2D eigenvalue weighted by Gasteiger charge is 2.06. The van der Waals surface area contributed by atoms with Crippen molar-refractivity contribution < 1.29 is 9.53 Å². The molecular weight excluding hydrogens is 226 g/mol. The minimum absolute atomic E-state index is 0.353. The van der Waals surface area contributed by atoms with Gasteiger partial charge in [0.2, 0.25) is 0 Å². The summed E-state index contributed by atoms with van der Waals surface area (Å²) in [5.41, 5.74) is 3.93. The molecule has 0 fully saturated rings. The van der Waals surface area contributed by atoms with Crippen LogP contribution in [0, 0.1) is 6.92 Å². The monoisotopic (exact) mass is 241 g/mol. The van der Waals surface area contributed by atoms with Gasteiger partial charge in [0.1, 0.15) is 0 Å². The van der Waals surface area contributed by atoms with Crippen LogP contribution in [0.2, 0.25) is 0 Å². The largest absolute Gasteiger partial charge is 0.465 e. The third kappa shape index (κ3) is 2.94. The smallest absolute Gasteiger partial charge is 0.339 e. The normalized spacial score (nSPS) is 10.1. The van der Waals surface area contributed by atoms with Crippen molar-refractivity contribution in [1.82, 2.24) is 4.98 Å². The number of pyridine rings is 1. The summed E-state index contributed by atoms with van der Waals surface area (Å²) in [6, 6.07) is 10.1. The zero-order valence-corrected chi connectivity index (χ0v) is 10.5. The molecule has 2 rings (SSSR count). The molecule has 0 amide bonds. The highest BCUT2D eigenvalue weighted by atomic mass is 16.5. The van der Waals surface area contributed by atoms with E-state index in [-0.39, 0.29) is 5.97 Å². The van der Waals surface area contributed by atoms with Gasteiger partial charge < -0.3 is 4.74 Å². The van der Waals surface area contributed by atoms with Crippen LogP contribution in [0.4, 0.5) is 0 Å². The lowest BCUT2D eigenvalue weighted by atomic mass is 10.0. The predicted molar refractivity (Wildman–Crippen MR) is 69.6 cm³/mol. The molecule has 0 spiro atoms. The molecule has 3 heteroatoms. The van der Waals surface area contributed by atoms with E-state index in [9.17, 15) is 4.79 Å². The fourth-order valence-electron chi connectivity index (χ4n) is 1.87. The van der Waals surface area contributed by atoms with E-state index in [1.807, 2.05) is 12.1 Å². The number of hydrogen-bond donors (Lipinski definition) is 0. The zero-order chi connectivity index (χ0) is 13.0. The quantitative estimate of drug-likeness (QED) is 0.776. The molecule has 0 saturated carbocycles. The van der Waals surface area contributed by atoms with E-state index >= 15 is 0 Å². The average molecular weight is 241 g/mol. The van der Waals surface area contributed by atoms with Crippen LogP contribution in [0.3, 0.4) is 0 Å². The highest BCUT2D eigenvalue weighted by molar-refractivity contribution is 5.89. The average Bonchev–Trinajstić information content (AvgIpc) is 2.38. The van der Waals surface area contributed by atoms with Crippen LogP contribution < -0.4 is 0 Å². The Morgan fingerprint density at radius 2 is 2.06 bits per heavy atom. The first-order chi connectivity index (χ1) is 8.69. The Kier molecular flexibility index (Phi) is 3.72. The Balaban J connectivity index is 2.22. The Hall–Kier alpha value is -2.16. The third-order valence-corrected chi connectivity index (χ3v) is 2.71. The molecule has 92 valence electrons. The first-order valence-electron chi connectivity index (χ1n) is 5.77. The molecule has 18 heavy (non-hydrogen) atoms. The molecule has 1 aromatic carbocycles. The van der Waals surface area contributed by atoms with Crippen molar-refractivity contribution in [3.8, 4) is 0 Å². The van der Waals surface area contributed by atoms with Gasteiger partial charge in [-0.2, -0.15) is 0 Å². The second-order valence-electron chi connectivity index (χ2n) is 4.24. The maximum absolute atomic E-state index is 11.4. The maximum Gasteiger partial charge on any atom is 0.339 e. The van der Waals surface area contributed by atoms with Gasteiger partial charge in [0, 0.05) is 12.4 Å². The summed E-state index contributed by atoms with van der Waals surface area (Å²) < 4.78 is 4.68. The Morgan fingerprint density at radius 3 is 2.78 bits per heavy atom. The maximum atomic E-state index is 11.4. The number of aryl methyl sites for hydroxylation is 1. The number of carbonyl (C=O) groups is 1. The lowest BCUT2D eigenvalue weighted by Crippen LogP contribution is -2.03. The molecule has 2 aromatic rings. The van der Waals surface area contributed by atoms with Gasteiger partial charge in [-0.1, -0.05) is 29.8 Å². The summed E-state index contributed by atoms with van der Waals surface area (Å²) in [4.78, 5) is 15.5. The second-order valence-corrected chi connectivity index (χ2v) is 4.24. The summed E-state index contributed by atoms with van der Waals surface area (Å²) in [7, 11) is 1.37. The predicted octanol–water partition coefficient (Wildman–Crippen LogP) is 2.77. The van der Waals surface area contributed by atoms with Gasteiger partial charge in [0.15, 0.2) is 0 Å². The Morgan fingerprint density at radius 1 is 1.22 bits per heavy atom. The number of hydrogen-bond acceptors (Lipinski definition) is 3. The highest BCUT2D eigenvalue weighted by Crippen LogP contribution is 2.12. The van der Waals surface area contributed by atoms with Gasteiger partial charge >= 0.3 is 5.97 Å². The van der Waals surface area contributed by atoms with Gasteiger partial charge in [0.05, 0.1) is 12.7 Å². The lowest BCUT2D eigenvalue weighted by Gasteiger charge is -2.04. The van der Waals surface area contributed by atoms with E-state index in [1.54, 1.807) is 6.20 Å². The third-order valence-electron chi connectivity index (χ3n) is 2.71. The number of carbonyl (C=O) groups excluding carboxylic acids is 1. The number of benzene rings is 1. The van der Waals surface area contributed by atoms with E-state index in [4.69, 9.17) is 0 Å². The first-order valence-corrected chi connectivity index (χ1v) is 5.77. The van der Waals surface area contributed by atoms with Gasteiger partial charge in [-0.25, -0.2) is 4.79 Å². The van der Waals surface area contributed by atoms with Crippen molar-refractivity contribution in [3.05, 3.63) is 65.0 Å². The standard InChI is InChI=1S/C15H15NO2/c1-11-4-3-5-12(6-11)7-13-8-14(10-16-9-13)15(17)18-2/h3-6,8-10H,7H2,1-2H3. The zero-order valence-electron chi connectivity index (χ0n) is 10.5. The Labute approximate surface area is 106 Å². The van der Waals surface area contributed by atoms with Crippen LogP contribution in [-0.2, 0) is 11.2 Å². The molecule has 0 unspecified atom stereocenters. The molecule has 0 saturated heterocycles. The fourth-order valence-corrected chi connectivity index (χ4v) is 1.87. The van der Waals surface area contributed by atoms with Crippen LogP contribution in [-0.4, -0.2) is 18.1 Å². The summed E-state index contributed by atoms with van der Waals surface area (Å²) in [5.74, 6) is -0.353. The Bertz CT molecular complexity index is 564. The minimum Gasteiger partial charge on any atom is -0.465 e. The number of aromatic nitrogens is 1. The van der Waals surface area contributed by atoms with Crippen LogP contribution in [0.5, 0.6) is 0 Å². The molecule has 0 aliphatic carbocycles. The number of ether oxygens (including phenoxy) is 1. The molecule has 0 aliphatic rings. The second kappa shape index (κ2) is 5.45. The molecule has 0 aliphatic heterocycles. The summed E-state index contributed by atoms with van der Waals surface area (Å²) >= 11 is 0. The van der Waals surface area contributed by atoms with E-state index in [1.165, 1.54) is 24.4 Å². The first kappa shape index (κ1) is 12.3. The molecular formula is C15H15NO2. The van der Waals surface area contributed by atoms with Crippen molar-refractivity contribution in [3.63, 3.8) is 0 Å². The molecule has 3 nitrogen and oxygen atoms in total. The topological polar surface area (TPSA) is 39.2 Å². The molecule has 1 aromatic heterocycles. The molecule has 0 atom stereocenters. The van der Waals surface area contributed by atoms with Crippen molar-refractivity contribution in [2.45, 2.75) is 13.3 Å². The number of rotatable bonds is 3. The SMILES string of the molecule is COC(=O)c1cncc(Cc2cccc(C)c2)c1. The fraction of sp³-hybridized carbons (Fsp3) is 0.200. The van der Waals surface area contributed by atoms with Gasteiger partial charge in [0.25, 0.3) is 0 Å². The number of nitrogens with zero attached hydrogens (tertiary/aromatic N) is 1. The van der Waals surface area contributed by atoms with Gasteiger partial charge in [-0.15, -0.1) is 0 Å². The van der Waals surface area contributed by atoms with E-state index in [2.05, 4.69) is 34.8 Å². The minimum atomic E-state index is -0.353. The van der Waals surface area contributed by atoms with Crippen molar-refractivity contribution in [1.29, 1.82) is 0 Å². The summed E-state index contributed by atoms with van der Waals surface area (Å²) in [6.07, 6.45) is 4.06. The van der Waals surface area contributed by atoms with Crippen LogP contribution in [0.25, 0.3) is 0 Å². The number of methoxy groups -OCH3 is 1.